The maximum atomic E-state index is 10.1. The number of nitrogens with zero attached hydrogens (tertiary/aromatic N) is 1. The van der Waals surface area contributed by atoms with Crippen LogP contribution in [0.2, 0.25) is 0 Å². The average Bonchev–Trinajstić information content (AvgIpc) is 2.93. The molecular formula is C10H16N2O4. The molecule has 0 spiro atoms. The smallest absolute Gasteiger partial charge is 0.328 e. The summed E-state index contributed by atoms with van der Waals surface area (Å²) in [5.74, 6) is -1.53. The number of nitrogens with one attached hydrogen (secondary N) is 1. The topological polar surface area (TPSA) is 99.0 Å². The van der Waals surface area contributed by atoms with E-state index >= 15 is 0 Å². The minimum absolute atomic E-state index is 0.269. The maximum absolute atomic E-state index is 10.1. The first-order chi connectivity index (χ1) is 7.61. The Bertz CT molecular complexity index is 285. The van der Waals surface area contributed by atoms with Gasteiger partial charge in [-0.1, -0.05) is 0 Å². The Labute approximate surface area is 93.4 Å². The first-order valence-corrected chi connectivity index (χ1v) is 5.32. The summed E-state index contributed by atoms with van der Waals surface area (Å²) in [5.41, 5.74) is 0. The van der Waals surface area contributed by atoms with Gasteiger partial charge in [0.15, 0.2) is 0 Å². The third-order valence-electron chi connectivity index (χ3n) is 2.50. The largest absolute Gasteiger partial charge is 0.480 e. The Balaban J connectivity index is 0.000000160. The lowest BCUT2D eigenvalue weighted by molar-refractivity contribution is -0.139. The molecule has 2 aliphatic rings. The normalized spacial score (nSPS) is 27.2. The van der Waals surface area contributed by atoms with Crippen molar-refractivity contribution in [2.45, 2.75) is 37.8 Å². The van der Waals surface area contributed by atoms with Crippen molar-refractivity contribution < 1.29 is 19.8 Å². The first kappa shape index (κ1) is 12.6. The van der Waals surface area contributed by atoms with Crippen molar-refractivity contribution >= 4 is 18.2 Å². The van der Waals surface area contributed by atoms with Crippen molar-refractivity contribution in [1.29, 1.82) is 0 Å². The van der Waals surface area contributed by atoms with Gasteiger partial charge >= 0.3 is 11.9 Å². The number of aliphatic carboxylic acids is 2. The zero-order chi connectivity index (χ0) is 12.0. The van der Waals surface area contributed by atoms with E-state index in [0.29, 0.717) is 6.42 Å². The van der Waals surface area contributed by atoms with Crippen LogP contribution in [0.1, 0.15) is 25.7 Å². The van der Waals surface area contributed by atoms with Gasteiger partial charge in [-0.05, 0) is 38.4 Å². The van der Waals surface area contributed by atoms with Crippen molar-refractivity contribution in [3.8, 4) is 0 Å². The van der Waals surface area contributed by atoms with Gasteiger partial charge < -0.3 is 15.5 Å². The molecule has 2 aliphatic heterocycles. The van der Waals surface area contributed by atoms with Gasteiger partial charge in [0, 0.05) is 0 Å². The van der Waals surface area contributed by atoms with Gasteiger partial charge in [0.25, 0.3) is 0 Å². The summed E-state index contributed by atoms with van der Waals surface area (Å²) >= 11 is 0. The predicted molar refractivity (Wildman–Crippen MR) is 57.8 cm³/mol. The van der Waals surface area contributed by atoms with E-state index in [9.17, 15) is 9.59 Å². The molecule has 0 saturated carbocycles. The van der Waals surface area contributed by atoms with Crippen LogP contribution in [-0.2, 0) is 9.59 Å². The van der Waals surface area contributed by atoms with E-state index in [1.165, 1.54) is 0 Å². The summed E-state index contributed by atoms with van der Waals surface area (Å²) in [4.78, 5) is 23.9. The molecule has 0 aromatic carbocycles. The van der Waals surface area contributed by atoms with Crippen molar-refractivity contribution in [2.24, 2.45) is 4.99 Å². The Morgan fingerprint density at radius 2 is 2.00 bits per heavy atom. The summed E-state index contributed by atoms with van der Waals surface area (Å²) in [6, 6.07) is -0.718. The minimum Gasteiger partial charge on any atom is -0.480 e. The summed E-state index contributed by atoms with van der Waals surface area (Å²) < 4.78 is 0. The molecule has 0 aliphatic carbocycles. The van der Waals surface area contributed by atoms with Gasteiger partial charge in [-0.15, -0.1) is 0 Å². The molecule has 90 valence electrons. The zero-order valence-electron chi connectivity index (χ0n) is 8.93. The Hall–Kier alpha value is -1.43. The Morgan fingerprint density at radius 1 is 1.25 bits per heavy atom. The number of hydrogen-bond donors (Lipinski definition) is 3. The van der Waals surface area contributed by atoms with Crippen LogP contribution in [0.3, 0.4) is 0 Å². The van der Waals surface area contributed by atoms with E-state index in [1.54, 1.807) is 6.21 Å². The lowest BCUT2D eigenvalue weighted by atomic mass is 10.2. The van der Waals surface area contributed by atoms with Gasteiger partial charge in [0.2, 0.25) is 0 Å². The minimum atomic E-state index is -0.807. The van der Waals surface area contributed by atoms with Gasteiger partial charge in [0.1, 0.15) is 12.1 Å². The molecule has 0 aromatic heterocycles. The first-order valence-electron chi connectivity index (χ1n) is 5.32. The molecule has 2 rings (SSSR count). The van der Waals surface area contributed by atoms with E-state index in [2.05, 4.69) is 10.3 Å². The highest BCUT2D eigenvalue weighted by Crippen LogP contribution is 2.06. The second-order valence-electron chi connectivity index (χ2n) is 3.75. The second-order valence-corrected chi connectivity index (χ2v) is 3.75. The highest BCUT2D eigenvalue weighted by atomic mass is 16.4. The number of carboxylic acid groups (broad SMARTS) is 2. The lowest BCUT2D eigenvalue weighted by Gasteiger charge is -1.99. The van der Waals surface area contributed by atoms with Gasteiger partial charge in [-0.2, -0.15) is 0 Å². The highest BCUT2D eigenvalue weighted by molar-refractivity contribution is 5.78. The number of aliphatic imine (C=N–C) groups is 1. The number of hydrogen-bond acceptors (Lipinski definition) is 4. The maximum Gasteiger partial charge on any atom is 0.328 e. The molecule has 0 radical (unpaired) electrons. The van der Waals surface area contributed by atoms with Crippen LogP contribution in [-0.4, -0.2) is 47.0 Å². The number of rotatable bonds is 2. The van der Waals surface area contributed by atoms with Gasteiger partial charge in [-0.25, -0.2) is 4.79 Å². The third-order valence-corrected chi connectivity index (χ3v) is 2.50. The van der Waals surface area contributed by atoms with Crippen molar-refractivity contribution in [3.05, 3.63) is 0 Å². The molecule has 6 heteroatoms. The molecule has 2 heterocycles. The standard InChI is InChI=1S/C5H9NO2.C5H7NO2/c2*7-5(8)4-2-1-3-6-4/h4,6H,1-3H2,(H,7,8);3-4H,1-2H2,(H,7,8)/t4-;/m0./s1. The predicted octanol–water partition coefficient (Wildman–Crippen LogP) is 0.127. The van der Waals surface area contributed by atoms with Gasteiger partial charge in [0.05, 0.1) is 0 Å². The van der Waals surface area contributed by atoms with Crippen LogP contribution in [0.25, 0.3) is 0 Å². The Morgan fingerprint density at radius 3 is 2.25 bits per heavy atom. The van der Waals surface area contributed by atoms with Crippen molar-refractivity contribution in [3.63, 3.8) is 0 Å². The van der Waals surface area contributed by atoms with Crippen molar-refractivity contribution in [1.82, 2.24) is 5.32 Å². The van der Waals surface area contributed by atoms with Crippen LogP contribution in [0.4, 0.5) is 0 Å². The number of carbonyl (C=O) groups is 2. The number of carboxylic acids is 2. The molecular weight excluding hydrogens is 212 g/mol. The van der Waals surface area contributed by atoms with E-state index < -0.39 is 18.0 Å². The van der Waals surface area contributed by atoms with E-state index in [4.69, 9.17) is 10.2 Å². The summed E-state index contributed by atoms with van der Waals surface area (Å²) in [6.45, 7) is 0.858. The fourth-order valence-corrected chi connectivity index (χ4v) is 1.59. The molecule has 2 atom stereocenters. The quantitative estimate of drug-likeness (QED) is 0.623. The highest BCUT2D eigenvalue weighted by Gasteiger charge is 2.20. The van der Waals surface area contributed by atoms with Crippen LogP contribution in [0.5, 0.6) is 0 Å². The third kappa shape index (κ3) is 3.98. The van der Waals surface area contributed by atoms with Crippen molar-refractivity contribution in [2.75, 3.05) is 6.54 Å². The molecule has 1 fully saturated rings. The molecule has 3 N–H and O–H groups in total. The molecule has 1 unspecified atom stereocenters. The van der Waals surface area contributed by atoms with Crippen LogP contribution < -0.4 is 5.32 Å². The fraction of sp³-hybridized carbons (Fsp3) is 0.700. The molecule has 0 bridgehead atoms. The summed E-state index contributed by atoms with van der Waals surface area (Å²) in [7, 11) is 0. The van der Waals surface area contributed by atoms with E-state index in [0.717, 1.165) is 25.8 Å². The van der Waals surface area contributed by atoms with Gasteiger partial charge in [-0.3, -0.25) is 9.79 Å². The van der Waals surface area contributed by atoms with E-state index in [-0.39, 0.29) is 6.04 Å². The van der Waals surface area contributed by atoms with E-state index in [1.807, 2.05) is 0 Å². The monoisotopic (exact) mass is 228 g/mol. The lowest BCUT2D eigenvalue weighted by Crippen LogP contribution is -2.29. The molecule has 0 aromatic rings. The second kappa shape index (κ2) is 6.22. The fourth-order valence-electron chi connectivity index (χ4n) is 1.59. The molecule has 16 heavy (non-hydrogen) atoms. The Kier molecular flexibility index (Phi) is 4.91. The summed E-state index contributed by atoms with van der Waals surface area (Å²) in [6.07, 6.45) is 4.94. The molecule has 6 nitrogen and oxygen atoms in total. The van der Waals surface area contributed by atoms with Crippen LogP contribution >= 0.6 is 0 Å². The summed E-state index contributed by atoms with van der Waals surface area (Å²) in [5, 5.41) is 19.5. The van der Waals surface area contributed by atoms with Crippen LogP contribution in [0.15, 0.2) is 4.99 Å². The SMILES string of the molecule is O=C(O)C1CCC=N1.O=C(O)[C@@H]1CCCN1. The molecule has 0 amide bonds. The average molecular weight is 228 g/mol. The molecule has 1 saturated heterocycles. The van der Waals surface area contributed by atoms with Crippen LogP contribution in [0, 0.1) is 0 Å². The zero-order valence-corrected chi connectivity index (χ0v) is 8.93.